The van der Waals surface area contributed by atoms with Gasteiger partial charge in [-0.3, -0.25) is 4.99 Å². The molecular weight excluding hydrogens is 210 g/mol. The smallest absolute Gasteiger partial charge is 0.129 e. The van der Waals surface area contributed by atoms with Crippen LogP contribution in [-0.2, 0) is 0 Å². The molecule has 3 atom stereocenters. The number of benzene rings is 1. The summed E-state index contributed by atoms with van der Waals surface area (Å²) in [6.45, 7) is 2.13. The zero-order chi connectivity index (χ0) is 11.8. The maximum absolute atomic E-state index is 6.01. The van der Waals surface area contributed by atoms with Gasteiger partial charge in [-0.15, -0.1) is 0 Å². The van der Waals surface area contributed by atoms with Gasteiger partial charge in [-0.05, 0) is 31.7 Å². The number of aryl methyl sites for hydroxylation is 1. The molecule has 3 rings (SSSR count). The Balaban J connectivity index is 1.85. The summed E-state index contributed by atoms with van der Waals surface area (Å²) in [5.41, 5.74) is 8.53. The van der Waals surface area contributed by atoms with Crippen molar-refractivity contribution in [1.29, 1.82) is 0 Å². The van der Waals surface area contributed by atoms with Crippen molar-refractivity contribution in [1.82, 2.24) is 5.32 Å². The fourth-order valence-electron chi connectivity index (χ4n) is 2.86. The Morgan fingerprint density at radius 3 is 2.94 bits per heavy atom. The number of nitrogens with one attached hydrogen (secondary N) is 1. The first-order chi connectivity index (χ1) is 8.24. The van der Waals surface area contributed by atoms with Crippen LogP contribution in [0.5, 0.6) is 0 Å². The highest BCUT2D eigenvalue weighted by Crippen LogP contribution is 2.26. The summed E-state index contributed by atoms with van der Waals surface area (Å²) >= 11 is 0. The second-order valence-electron chi connectivity index (χ2n) is 5.18. The highest BCUT2D eigenvalue weighted by molar-refractivity contribution is 6.01. The van der Waals surface area contributed by atoms with E-state index in [-0.39, 0.29) is 0 Å². The summed E-state index contributed by atoms with van der Waals surface area (Å²) in [6, 6.07) is 9.64. The maximum Gasteiger partial charge on any atom is 0.129 e. The van der Waals surface area contributed by atoms with E-state index in [1.807, 2.05) is 0 Å². The Morgan fingerprint density at radius 2 is 2.12 bits per heavy atom. The minimum Gasteiger partial charge on any atom is -0.365 e. The second-order valence-corrected chi connectivity index (χ2v) is 5.18. The lowest BCUT2D eigenvalue weighted by Gasteiger charge is -2.28. The number of amidine groups is 1. The second kappa shape index (κ2) is 4.15. The van der Waals surface area contributed by atoms with Crippen LogP contribution in [0.4, 0.5) is 0 Å². The minimum atomic E-state index is 0.343. The molecule has 17 heavy (non-hydrogen) atoms. The van der Waals surface area contributed by atoms with Crippen molar-refractivity contribution < 1.29 is 0 Å². The van der Waals surface area contributed by atoms with Gasteiger partial charge in [-0.25, -0.2) is 0 Å². The van der Waals surface area contributed by atoms with E-state index in [4.69, 9.17) is 10.7 Å². The highest BCUT2D eigenvalue weighted by atomic mass is 15.1. The van der Waals surface area contributed by atoms with Crippen LogP contribution in [0.25, 0.3) is 0 Å². The van der Waals surface area contributed by atoms with E-state index in [0.29, 0.717) is 18.1 Å². The summed E-state index contributed by atoms with van der Waals surface area (Å²) in [7, 11) is 0. The minimum absolute atomic E-state index is 0.343. The van der Waals surface area contributed by atoms with Crippen molar-refractivity contribution in [2.75, 3.05) is 0 Å². The zero-order valence-electron chi connectivity index (χ0n) is 10.2. The van der Waals surface area contributed by atoms with E-state index >= 15 is 0 Å². The van der Waals surface area contributed by atoms with Gasteiger partial charge >= 0.3 is 0 Å². The maximum atomic E-state index is 6.01. The van der Waals surface area contributed by atoms with Gasteiger partial charge in [-0.2, -0.15) is 0 Å². The van der Waals surface area contributed by atoms with Crippen LogP contribution in [0, 0.1) is 6.92 Å². The third kappa shape index (κ3) is 1.95. The summed E-state index contributed by atoms with van der Waals surface area (Å²) in [5.74, 6) is 1.06. The first-order valence-corrected chi connectivity index (χ1v) is 6.40. The molecule has 1 heterocycles. The van der Waals surface area contributed by atoms with Crippen molar-refractivity contribution in [2.24, 2.45) is 10.7 Å². The number of hydrogen-bond acceptors (Lipinski definition) is 3. The molecule has 3 nitrogen and oxygen atoms in total. The van der Waals surface area contributed by atoms with Crippen molar-refractivity contribution in [3.05, 3.63) is 35.4 Å². The number of hydrogen-bond donors (Lipinski definition) is 2. The number of fused-ring (bicyclic) bond motifs is 1. The number of aliphatic imine (C=N–C) groups is 1. The zero-order valence-corrected chi connectivity index (χ0v) is 10.2. The molecule has 1 aliphatic carbocycles. The molecule has 2 aliphatic rings. The monoisotopic (exact) mass is 229 g/mol. The van der Waals surface area contributed by atoms with Gasteiger partial charge in [0.1, 0.15) is 5.84 Å². The average Bonchev–Trinajstić information content (AvgIpc) is 2.72. The summed E-state index contributed by atoms with van der Waals surface area (Å²) in [5, 5.41) is 3.55. The molecule has 3 N–H and O–H groups in total. The van der Waals surface area contributed by atoms with Gasteiger partial charge in [0.05, 0.1) is 12.1 Å². The van der Waals surface area contributed by atoms with Gasteiger partial charge in [-0.1, -0.05) is 24.3 Å². The Morgan fingerprint density at radius 1 is 1.29 bits per heavy atom. The first-order valence-electron chi connectivity index (χ1n) is 6.40. The molecule has 0 amide bonds. The van der Waals surface area contributed by atoms with E-state index in [0.717, 1.165) is 25.1 Å². The molecule has 0 spiro atoms. The standard InChI is InChI=1S/C14H19N3/c1-9-4-2-3-5-11(9)14-16-12-7-6-10(15)8-13(12)17-14/h2-5,10,12-13H,6-8,15H2,1H3,(H,16,17). The summed E-state index contributed by atoms with van der Waals surface area (Å²) < 4.78 is 0. The normalized spacial score (nSPS) is 31.6. The Kier molecular flexibility index (Phi) is 2.63. The summed E-state index contributed by atoms with van der Waals surface area (Å²) in [4.78, 5) is 4.83. The largest absolute Gasteiger partial charge is 0.365 e. The van der Waals surface area contributed by atoms with Gasteiger partial charge < -0.3 is 11.1 Å². The molecule has 3 heteroatoms. The van der Waals surface area contributed by atoms with Crippen molar-refractivity contribution in [3.8, 4) is 0 Å². The third-order valence-electron chi connectivity index (χ3n) is 3.87. The lowest BCUT2D eigenvalue weighted by atomic mass is 9.88. The van der Waals surface area contributed by atoms with Crippen LogP contribution in [0.15, 0.2) is 29.3 Å². The molecule has 1 aromatic carbocycles. The molecule has 1 aliphatic heterocycles. The SMILES string of the molecule is Cc1ccccc1C1=NC2CCC(N)CC2N1. The lowest BCUT2D eigenvalue weighted by Crippen LogP contribution is -2.44. The van der Waals surface area contributed by atoms with Gasteiger partial charge in [0, 0.05) is 11.6 Å². The topological polar surface area (TPSA) is 50.4 Å². The lowest BCUT2D eigenvalue weighted by molar-refractivity contribution is 0.347. The predicted molar refractivity (Wildman–Crippen MR) is 70.3 cm³/mol. The van der Waals surface area contributed by atoms with Crippen LogP contribution in [-0.4, -0.2) is 24.0 Å². The highest BCUT2D eigenvalue weighted by Gasteiger charge is 2.34. The van der Waals surface area contributed by atoms with E-state index < -0.39 is 0 Å². The van der Waals surface area contributed by atoms with E-state index in [1.54, 1.807) is 0 Å². The number of nitrogens with two attached hydrogens (primary N) is 1. The molecule has 3 unspecified atom stereocenters. The van der Waals surface area contributed by atoms with Gasteiger partial charge in [0.15, 0.2) is 0 Å². The predicted octanol–water partition coefficient (Wildman–Crippen LogP) is 1.59. The van der Waals surface area contributed by atoms with Crippen LogP contribution in [0.1, 0.15) is 30.4 Å². The molecule has 1 saturated carbocycles. The molecule has 1 aromatic rings. The van der Waals surface area contributed by atoms with Crippen molar-refractivity contribution >= 4 is 5.84 Å². The van der Waals surface area contributed by atoms with Crippen LogP contribution < -0.4 is 11.1 Å². The van der Waals surface area contributed by atoms with Crippen molar-refractivity contribution in [3.63, 3.8) is 0 Å². The number of rotatable bonds is 1. The molecule has 0 saturated heterocycles. The molecular formula is C14H19N3. The Hall–Kier alpha value is -1.35. The third-order valence-corrected chi connectivity index (χ3v) is 3.87. The molecule has 0 aromatic heterocycles. The van der Waals surface area contributed by atoms with E-state index in [9.17, 15) is 0 Å². The molecule has 90 valence electrons. The van der Waals surface area contributed by atoms with E-state index in [2.05, 4.69) is 36.5 Å². The Labute approximate surface area is 102 Å². The van der Waals surface area contributed by atoms with Gasteiger partial charge in [0.25, 0.3) is 0 Å². The fraction of sp³-hybridized carbons (Fsp3) is 0.500. The van der Waals surface area contributed by atoms with E-state index in [1.165, 1.54) is 11.1 Å². The molecule has 0 radical (unpaired) electrons. The first kappa shape index (κ1) is 10.8. The molecule has 0 bridgehead atoms. The van der Waals surface area contributed by atoms with Crippen molar-refractivity contribution in [2.45, 2.75) is 44.3 Å². The van der Waals surface area contributed by atoms with Crippen LogP contribution >= 0.6 is 0 Å². The fourth-order valence-corrected chi connectivity index (χ4v) is 2.86. The molecule has 1 fully saturated rings. The quantitative estimate of drug-likeness (QED) is 0.768. The Bertz CT molecular complexity index is 453. The van der Waals surface area contributed by atoms with Gasteiger partial charge in [0.2, 0.25) is 0 Å². The van der Waals surface area contributed by atoms with Crippen LogP contribution in [0.3, 0.4) is 0 Å². The number of nitrogens with zero attached hydrogens (tertiary/aromatic N) is 1. The average molecular weight is 229 g/mol. The van der Waals surface area contributed by atoms with Crippen LogP contribution in [0.2, 0.25) is 0 Å². The summed E-state index contributed by atoms with van der Waals surface area (Å²) in [6.07, 6.45) is 3.27.